The van der Waals surface area contributed by atoms with E-state index in [-0.39, 0.29) is 11.7 Å². The average molecular weight is 467 g/mol. The van der Waals surface area contributed by atoms with E-state index >= 15 is 0 Å². The summed E-state index contributed by atoms with van der Waals surface area (Å²) in [6.07, 6.45) is 1.80. The average Bonchev–Trinajstić information content (AvgIpc) is 3.31. The minimum absolute atomic E-state index is 0.149. The van der Waals surface area contributed by atoms with E-state index in [0.29, 0.717) is 33.0 Å². The normalized spacial score (nSPS) is 11.4. The number of amides is 1. The van der Waals surface area contributed by atoms with Gasteiger partial charge in [-0.15, -0.1) is 16.8 Å². The number of carbonyl (C=O) groups excluding carboxylic acids is 1. The van der Waals surface area contributed by atoms with Crippen molar-refractivity contribution >= 4 is 78.0 Å². The van der Waals surface area contributed by atoms with Crippen molar-refractivity contribution in [3.63, 3.8) is 0 Å². The Morgan fingerprint density at radius 3 is 2.94 bits per heavy atom. The van der Waals surface area contributed by atoms with E-state index in [1.165, 1.54) is 23.1 Å². The summed E-state index contributed by atoms with van der Waals surface area (Å²) in [4.78, 5) is 21.5. The first-order valence-corrected chi connectivity index (χ1v) is 11.5. The number of carbonyl (C=O) groups is 1. The van der Waals surface area contributed by atoms with E-state index in [1.54, 1.807) is 6.08 Å². The van der Waals surface area contributed by atoms with Crippen LogP contribution >= 0.6 is 34.7 Å². The summed E-state index contributed by atoms with van der Waals surface area (Å²) in [7, 11) is 0. The van der Waals surface area contributed by atoms with E-state index < -0.39 is 0 Å². The minimum Gasteiger partial charge on any atom is -0.320 e. The van der Waals surface area contributed by atoms with Crippen LogP contribution in [0.3, 0.4) is 0 Å². The molecule has 0 aliphatic heterocycles. The Morgan fingerprint density at radius 2 is 2.10 bits per heavy atom. The van der Waals surface area contributed by atoms with Gasteiger partial charge in [-0.25, -0.2) is 9.97 Å². The van der Waals surface area contributed by atoms with Crippen molar-refractivity contribution in [2.24, 2.45) is 0 Å². The number of allylic oxidation sites excluding steroid dienone is 1. The summed E-state index contributed by atoms with van der Waals surface area (Å²) >= 11 is 8.83. The topological polar surface area (TPSA) is 85.6 Å². The van der Waals surface area contributed by atoms with E-state index in [0.717, 1.165) is 21.1 Å². The summed E-state index contributed by atoms with van der Waals surface area (Å²) in [6.45, 7) is 4.40. The highest BCUT2D eigenvalue weighted by Crippen LogP contribution is 2.30. The molecule has 1 amide bonds. The molecule has 3 heterocycles. The van der Waals surface area contributed by atoms with Gasteiger partial charge in [-0.05, 0) is 30.3 Å². The Balaban J connectivity index is 1.37. The fourth-order valence-corrected chi connectivity index (χ4v) is 4.94. The Labute approximate surface area is 190 Å². The molecule has 3 aromatic heterocycles. The number of aromatic nitrogens is 5. The van der Waals surface area contributed by atoms with Crippen molar-refractivity contribution in [2.75, 3.05) is 11.1 Å². The Morgan fingerprint density at radius 1 is 1.23 bits per heavy atom. The Hall–Kier alpha value is -3.01. The number of halogens is 1. The molecule has 7 nitrogen and oxygen atoms in total. The second-order valence-electron chi connectivity index (χ2n) is 6.65. The number of hydrogen-bond acceptors (Lipinski definition) is 7. The van der Waals surface area contributed by atoms with Crippen LogP contribution in [-0.4, -0.2) is 36.4 Å². The highest BCUT2D eigenvalue weighted by molar-refractivity contribution is 7.99. The maximum Gasteiger partial charge on any atom is 0.236 e. The van der Waals surface area contributed by atoms with Crippen LogP contribution in [0.2, 0.25) is 5.02 Å². The van der Waals surface area contributed by atoms with Crippen molar-refractivity contribution in [2.45, 2.75) is 11.7 Å². The van der Waals surface area contributed by atoms with Gasteiger partial charge in [-0.1, -0.05) is 52.9 Å². The summed E-state index contributed by atoms with van der Waals surface area (Å²) in [5.41, 5.74) is 3.17. The van der Waals surface area contributed by atoms with E-state index in [1.807, 2.05) is 47.0 Å². The van der Waals surface area contributed by atoms with Crippen molar-refractivity contribution < 1.29 is 4.79 Å². The lowest BCUT2D eigenvalue weighted by molar-refractivity contribution is -0.113. The number of thiazole rings is 1. The third-order valence-corrected chi connectivity index (χ3v) is 6.62. The largest absolute Gasteiger partial charge is 0.320 e. The molecule has 10 heteroatoms. The Kier molecular flexibility index (Phi) is 5.31. The maximum atomic E-state index is 12.4. The van der Waals surface area contributed by atoms with Crippen LogP contribution in [0.4, 0.5) is 5.13 Å². The molecule has 0 aliphatic carbocycles. The summed E-state index contributed by atoms with van der Waals surface area (Å²) in [6, 6.07) is 13.4. The molecule has 0 aliphatic rings. The summed E-state index contributed by atoms with van der Waals surface area (Å²) in [5, 5.41) is 13.9. The lowest BCUT2D eigenvalue weighted by Gasteiger charge is -2.03. The second-order valence-corrected chi connectivity index (χ2v) is 9.06. The molecule has 0 atom stereocenters. The van der Waals surface area contributed by atoms with Gasteiger partial charge in [0.1, 0.15) is 5.52 Å². The molecule has 0 bridgehead atoms. The predicted molar refractivity (Wildman–Crippen MR) is 127 cm³/mol. The van der Waals surface area contributed by atoms with Crippen molar-refractivity contribution in [1.29, 1.82) is 0 Å². The standard InChI is InChI=1S/C21H15ClN6OS2/c1-2-9-28-15-8-7-12(22)10-13(15)18-19(28)25-21(27-26-18)30-11-17(29)24-20-23-14-5-3-4-6-16(14)31-20/h2-8,10H,1,9,11H2,(H,23,24,29). The number of fused-ring (bicyclic) bond motifs is 4. The lowest BCUT2D eigenvalue weighted by Crippen LogP contribution is -2.14. The van der Waals surface area contributed by atoms with Gasteiger partial charge in [0.15, 0.2) is 10.8 Å². The zero-order valence-corrected chi connectivity index (χ0v) is 18.5. The van der Waals surface area contributed by atoms with Crippen molar-refractivity contribution in [3.8, 4) is 0 Å². The quantitative estimate of drug-likeness (QED) is 0.275. The van der Waals surface area contributed by atoms with E-state index in [9.17, 15) is 4.79 Å². The van der Waals surface area contributed by atoms with Crippen LogP contribution in [0, 0.1) is 0 Å². The number of anilines is 1. The molecule has 0 fully saturated rings. The monoisotopic (exact) mass is 466 g/mol. The maximum absolute atomic E-state index is 12.4. The second kappa shape index (κ2) is 8.26. The van der Waals surface area contributed by atoms with Gasteiger partial charge >= 0.3 is 0 Å². The number of rotatable bonds is 6. The van der Waals surface area contributed by atoms with Crippen LogP contribution in [0.25, 0.3) is 32.3 Å². The first kappa shape index (κ1) is 19.9. The molecule has 1 N–H and O–H groups in total. The fraction of sp³-hybridized carbons (Fsp3) is 0.0952. The van der Waals surface area contributed by atoms with Gasteiger partial charge in [0.05, 0.1) is 21.5 Å². The molecule has 5 aromatic rings. The van der Waals surface area contributed by atoms with Gasteiger partial charge in [-0.3, -0.25) is 4.79 Å². The predicted octanol–water partition coefficient (Wildman–Crippen LogP) is 5.16. The molecule has 2 aromatic carbocycles. The molecular weight excluding hydrogens is 452 g/mol. The molecular formula is C21H15ClN6OS2. The molecule has 0 spiro atoms. The smallest absolute Gasteiger partial charge is 0.236 e. The summed E-state index contributed by atoms with van der Waals surface area (Å²) in [5.74, 6) is -0.0254. The number of nitrogens with one attached hydrogen (secondary N) is 1. The zero-order chi connectivity index (χ0) is 21.4. The SMILES string of the molecule is C=CCn1c2ccc(Cl)cc2c2nnc(SCC(=O)Nc3nc4ccccc4s3)nc21. The van der Waals surface area contributed by atoms with Crippen molar-refractivity contribution in [3.05, 3.63) is 60.1 Å². The highest BCUT2D eigenvalue weighted by atomic mass is 35.5. The molecule has 0 saturated carbocycles. The van der Waals surface area contributed by atoms with E-state index in [4.69, 9.17) is 11.6 Å². The van der Waals surface area contributed by atoms with Crippen molar-refractivity contribution in [1.82, 2.24) is 24.7 Å². The molecule has 154 valence electrons. The minimum atomic E-state index is -0.175. The number of hydrogen-bond donors (Lipinski definition) is 1. The molecule has 31 heavy (non-hydrogen) atoms. The molecule has 5 rings (SSSR count). The van der Waals surface area contributed by atoms with Gasteiger partial charge in [0.2, 0.25) is 11.1 Å². The molecule has 0 unspecified atom stereocenters. The third-order valence-electron chi connectivity index (χ3n) is 4.59. The van der Waals surface area contributed by atoms with Crippen LogP contribution < -0.4 is 5.32 Å². The highest BCUT2D eigenvalue weighted by Gasteiger charge is 2.16. The van der Waals surface area contributed by atoms with Crippen LogP contribution in [0.15, 0.2) is 60.3 Å². The van der Waals surface area contributed by atoms with Gasteiger partial charge in [0, 0.05) is 17.0 Å². The van der Waals surface area contributed by atoms with Crippen LogP contribution in [-0.2, 0) is 11.3 Å². The first-order chi connectivity index (χ1) is 15.1. The number of nitrogens with zero attached hydrogens (tertiary/aromatic N) is 5. The Bertz CT molecular complexity index is 1430. The zero-order valence-electron chi connectivity index (χ0n) is 16.1. The van der Waals surface area contributed by atoms with Crippen LogP contribution in [0.1, 0.15) is 0 Å². The first-order valence-electron chi connectivity index (χ1n) is 9.33. The third kappa shape index (κ3) is 3.87. The van der Waals surface area contributed by atoms with Crippen LogP contribution in [0.5, 0.6) is 0 Å². The lowest BCUT2D eigenvalue weighted by atomic mass is 10.2. The van der Waals surface area contributed by atoms with E-state index in [2.05, 4.69) is 32.1 Å². The van der Waals surface area contributed by atoms with Gasteiger partial charge < -0.3 is 9.88 Å². The van der Waals surface area contributed by atoms with Gasteiger partial charge in [0.25, 0.3) is 0 Å². The molecule has 0 saturated heterocycles. The number of thioether (sulfide) groups is 1. The summed E-state index contributed by atoms with van der Waals surface area (Å²) < 4.78 is 3.03. The van der Waals surface area contributed by atoms with Gasteiger partial charge in [-0.2, -0.15) is 0 Å². The number of benzene rings is 2. The number of para-hydroxylation sites is 1. The fourth-order valence-electron chi connectivity index (χ4n) is 3.30. The molecule has 0 radical (unpaired) electrons.